The molecule has 0 saturated carbocycles. The maximum atomic E-state index is 15.2. The molecular formula is C23H21ClFN5O5S. The molecule has 36 heavy (non-hydrogen) atoms. The van der Waals surface area contributed by atoms with Gasteiger partial charge in [-0.15, -0.1) is 5.10 Å². The van der Waals surface area contributed by atoms with Crippen molar-refractivity contribution in [3.05, 3.63) is 87.5 Å². The summed E-state index contributed by atoms with van der Waals surface area (Å²) in [7, 11) is -2.99. The van der Waals surface area contributed by atoms with Gasteiger partial charge in [0.2, 0.25) is 15.9 Å². The highest BCUT2D eigenvalue weighted by Gasteiger charge is 2.34. The molecule has 0 bridgehead atoms. The van der Waals surface area contributed by atoms with Crippen molar-refractivity contribution in [3.63, 3.8) is 0 Å². The molecule has 2 aromatic carbocycles. The van der Waals surface area contributed by atoms with E-state index in [2.05, 4.69) is 24.9 Å². The van der Waals surface area contributed by atoms with E-state index in [0.29, 0.717) is 16.7 Å². The maximum absolute atomic E-state index is 15.2. The number of aromatic nitrogens is 4. The van der Waals surface area contributed by atoms with Crippen molar-refractivity contribution in [3.8, 4) is 16.9 Å². The Hall–Kier alpha value is -3.61. The van der Waals surface area contributed by atoms with Gasteiger partial charge in [0.05, 0.1) is 7.11 Å². The SMILES string of the molecule is COc1cc(Cl)ccc1S(=O)(=O)NC(c1n[nH]c(=O)o1)C(C)c1c(F)ccc(-c2cncnc2)c1C. The molecule has 4 aromatic rings. The highest BCUT2D eigenvalue weighted by Crippen LogP contribution is 2.38. The quantitative estimate of drug-likeness (QED) is 0.349. The molecule has 10 nitrogen and oxygen atoms in total. The first-order chi connectivity index (χ1) is 17.1. The Kier molecular flexibility index (Phi) is 7.20. The van der Waals surface area contributed by atoms with E-state index in [1.165, 1.54) is 37.7 Å². The number of nitrogens with zero attached hydrogens (tertiary/aromatic N) is 3. The topological polar surface area (TPSA) is 140 Å². The normalized spacial score (nSPS) is 13.4. The molecule has 13 heteroatoms. The van der Waals surface area contributed by atoms with Crippen LogP contribution in [0.5, 0.6) is 5.75 Å². The van der Waals surface area contributed by atoms with E-state index >= 15 is 4.39 Å². The number of hydrogen-bond acceptors (Lipinski definition) is 8. The van der Waals surface area contributed by atoms with Crippen molar-refractivity contribution >= 4 is 21.6 Å². The summed E-state index contributed by atoms with van der Waals surface area (Å²) < 4.78 is 54.8. The molecule has 0 aliphatic heterocycles. The van der Waals surface area contributed by atoms with Gasteiger partial charge >= 0.3 is 5.76 Å². The van der Waals surface area contributed by atoms with Crippen molar-refractivity contribution in [1.29, 1.82) is 0 Å². The number of H-pyrrole nitrogens is 1. The van der Waals surface area contributed by atoms with Gasteiger partial charge < -0.3 is 9.15 Å². The largest absolute Gasteiger partial charge is 0.495 e. The van der Waals surface area contributed by atoms with Gasteiger partial charge in [-0.2, -0.15) is 4.72 Å². The first kappa shape index (κ1) is 25.5. The highest BCUT2D eigenvalue weighted by atomic mass is 35.5. The Labute approximate surface area is 210 Å². The number of benzene rings is 2. The van der Waals surface area contributed by atoms with Crippen molar-refractivity contribution in [2.75, 3.05) is 7.11 Å². The summed E-state index contributed by atoms with van der Waals surface area (Å²) in [6.45, 7) is 3.30. The van der Waals surface area contributed by atoms with Gasteiger partial charge in [-0.05, 0) is 41.8 Å². The third kappa shape index (κ3) is 5.01. The Morgan fingerprint density at radius 1 is 1.19 bits per heavy atom. The minimum Gasteiger partial charge on any atom is -0.495 e. The van der Waals surface area contributed by atoms with Gasteiger partial charge in [0.1, 0.15) is 28.8 Å². The van der Waals surface area contributed by atoms with Gasteiger partial charge in [-0.3, -0.25) is 0 Å². The van der Waals surface area contributed by atoms with Crippen molar-refractivity contribution in [1.82, 2.24) is 24.9 Å². The monoisotopic (exact) mass is 533 g/mol. The first-order valence-electron chi connectivity index (χ1n) is 10.6. The lowest BCUT2D eigenvalue weighted by molar-refractivity contribution is 0.374. The molecule has 2 unspecified atom stereocenters. The minimum absolute atomic E-state index is 0.00156. The molecule has 2 aromatic heterocycles. The van der Waals surface area contributed by atoms with Crippen LogP contribution in [0.25, 0.3) is 11.1 Å². The van der Waals surface area contributed by atoms with Crippen LogP contribution in [0.1, 0.15) is 35.9 Å². The lowest BCUT2D eigenvalue weighted by Gasteiger charge is -2.25. The zero-order chi connectivity index (χ0) is 26.0. The molecule has 0 fully saturated rings. The maximum Gasteiger partial charge on any atom is 0.434 e. The molecule has 188 valence electrons. The van der Waals surface area contributed by atoms with Crippen LogP contribution in [-0.2, 0) is 10.0 Å². The van der Waals surface area contributed by atoms with Crippen LogP contribution in [0.4, 0.5) is 4.39 Å². The number of sulfonamides is 1. The summed E-state index contributed by atoms with van der Waals surface area (Å²) >= 11 is 5.97. The van der Waals surface area contributed by atoms with Crippen LogP contribution < -0.4 is 15.2 Å². The van der Waals surface area contributed by atoms with Crippen molar-refractivity contribution in [2.45, 2.75) is 30.7 Å². The van der Waals surface area contributed by atoms with E-state index < -0.39 is 33.6 Å². The summed E-state index contributed by atoms with van der Waals surface area (Å²) in [5.41, 5.74) is 2.03. The van der Waals surface area contributed by atoms with E-state index in [0.717, 1.165) is 0 Å². The first-order valence-corrected chi connectivity index (χ1v) is 12.4. The fourth-order valence-electron chi connectivity index (χ4n) is 4.01. The van der Waals surface area contributed by atoms with Crippen LogP contribution in [0.3, 0.4) is 0 Å². The summed E-state index contributed by atoms with van der Waals surface area (Å²) in [5, 5.41) is 6.20. The smallest absolute Gasteiger partial charge is 0.434 e. The van der Waals surface area contributed by atoms with E-state index in [1.54, 1.807) is 32.3 Å². The van der Waals surface area contributed by atoms with Crippen LogP contribution in [-0.4, -0.2) is 35.7 Å². The number of rotatable bonds is 8. The number of nitrogens with one attached hydrogen (secondary N) is 2. The van der Waals surface area contributed by atoms with Gasteiger partial charge in [0.15, 0.2) is 0 Å². The zero-order valence-corrected chi connectivity index (χ0v) is 20.9. The van der Waals surface area contributed by atoms with E-state index in [4.69, 9.17) is 20.8 Å². The predicted octanol–water partition coefficient (Wildman–Crippen LogP) is 3.75. The van der Waals surface area contributed by atoms with Gasteiger partial charge in [-0.1, -0.05) is 24.6 Å². The van der Waals surface area contributed by atoms with E-state index in [-0.39, 0.29) is 27.1 Å². The van der Waals surface area contributed by atoms with Crippen molar-refractivity contribution in [2.24, 2.45) is 0 Å². The average molecular weight is 534 g/mol. The van der Waals surface area contributed by atoms with E-state index in [1.807, 2.05) is 0 Å². The number of aromatic amines is 1. The van der Waals surface area contributed by atoms with Gasteiger partial charge in [0, 0.05) is 35.0 Å². The van der Waals surface area contributed by atoms with Gasteiger partial charge in [-0.25, -0.2) is 32.7 Å². The lowest BCUT2D eigenvalue weighted by Crippen LogP contribution is -2.33. The Morgan fingerprint density at radius 2 is 1.92 bits per heavy atom. The molecule has 0 spiro atoms. The Balaban J connectivity index is 1.82. The molecule has 0 aliphatic rings. The number of ether oxygens (including phenoxy) is 1. The van der Waals surface area contributed by atoms with Crippen LogP contribution in [0, 0.1) is 12.7 Å². The lowest BCUT2D eigenvalue weighted by atomic mass is 9.86. The Bertz CT molecular complexity index is 1560. The molecule has 0 amide bonds. The average Bonchev–Trinajstić information content (AvgIpc) is 3.28. The summed E-state index contributed by atoms with van der Waals surface area (Å²) in [5.74, 6) is -2.62. The minimum atomic E-state index is -4.29. The predicted molar refractivity (Wildman–Crippen MR) is 129 cm³/mol. The summed E-state index contributed by atoms with van der Waals surface area (Å²) in [6, 6.07) is 5.60. The fraction of sp³-hybridized carbons (Fsp3) is 0.217. The molecule has 2 atom stereocenters. The second-order valence-electron chi connectivity index (χ2n) is 7.89. The number of methoxy groups -OCH3 is 1. The molecule has 0 aliphatic carbocycles. The number of halogens is 2. The molecule has 2 heterocycles. The Morgan fingerprint density at radius 3 is 2.56 bits per heavy atom. The molecule has 0 saturated heterocycles. The van der Waals surface area contributed by atoms with Crippen LogP contribution in [0.2, 0.25) is 5.02 Å². The second-order valence-corrected chi connectivity index (χ2v) is 10.0. The molecular weight excluding hydrogens is 513 g/mol. The highest BCUT2D eigenvalue weighted by molar-refractivity contribution is 7.89. The standard InChI is InChI=1S/C23H21ClFN5O5S/c1-12-16(14-9-26-11-27-10-14)5-6-17(25)20(12)13(2)21(22-28-29-23(31)35-22)30-36(32,33)19-7-4-15(24)8-18(19)34-3/h4-11,13,21,30H,1-3H3,(H,29,31). The third-order valence-electron chi connectivity index (χ3n) is 5.71. The van der Waals surface area contributed by atoms with Crippen LogP contribution >= 0.6 is 11.6 Å². The molecule has 2 N–H and O–H groups in total. The van der Waals surface area contributed by atoms with E-state index in [9.17, 15) is 13.2 Å². The third-order valence-corrected chi connectivity index (χ3v) is 7.42. The molecule has 0 radical (unpaired) electrons. The second kappa shape index (κ2) is 10.2. The zero-order valence-electron chi connectivity index (χ0n) is 19.3. The van der Waals surface area contributed by atoms with Crippen LogP contribution in [0.15, 0.2) is 63.2 Å². The summed E-state index contributed by atoms with van der Waals surface area (Å²) in [4.78, 5) is 19.5. The van der Waals surface area contributed by atoms with Gasteiger partial charge in [0.25, 0.3) is 0 Å². The fourth-order valence-corrected chi connectivity index (χ4v) is 5.59. The summed E-state index contributed by atoms with van der Waals surface area (Å²) in [6.07, 6.45) is 4.55. The van der Waals surface area contributed by atoms with Crippen molar-refractivity contribution < 1.29 is 22.0 Å². The number of hydrogen-bond donors (Lipinski definition) is 2. The molecule has 4 rings (SSSR count).